The predicted octanol–water partition coefficient (Wildman–Crippen LogP) is 2.58. The van der Waals surface area contributed by atoms with Crippen LogP contribution in [0.4, 0.5) is 0 Å². The molecule has 72 valence electrons. The number of hydrogen-bond acceptors (Lipinski definition) is 1. The largest absolute Gasteiger partial charge is 0.481 e. The van der Waals surface area contributed by atoms with Crippen molar-refractivity contribution in [2.45, 2.75) is 13.3 Å². The van der Waals surface area contributed by atoms with Crippen LogP contribution in [0.5, 0.6) is 0 Å². The average Bonchev–Trinajstić information content (AvgIpc) is 2.10. The van der Waals surface area contributed by atoms with Crippen LogP contribution in [0.1, 0.15) is 17.5 Å². The normalized spacial score (nSPS) is 9.00. The van der Waals surface area contributed by atoms with Gasteiger partial charge in [-0.1, -0.05) is 27.8 Å². The van der Waals surface area contributed by atoms with Crippen LogP contribution >= 0.6 is 15.9 Å². The fourth-order valence-electron chi connectivity index (χ4n) is 0.944. The maximum atomic E-state index is 10.2. The summed E-state index contributed by atoms with van der Waals surface area (Å²) in [5, 5.41) is 8.38. The van der Waals surface area contributed by atoms with Gasteiger partial charge in [0, 0.05) is 10.0 Å². The summed E-state index contributed by atoms with van der Waals surface area (Å²) >= 11 is 3.38. The molecule has 0 aliphatic carbocycles. The zero-order valence-electron chi connectivity index (χ0n) is 7.67. The maximum absolute atomic E-state index is 10.2. The minimum Gasteiger partial charge on any atom is -0.481 e. The van der Waals surface area contributed by atoms with E-state index in [1.165, 1.54) is 0 Å². The molecule has 0 radical (unpaired) electrons. The van der Waals surface area contributed by atoms with Gasteiger partial charge >= 0.3 is 5.97 Å². The van der Waals surface area contributed by atoms with E-state index in [0.717, 1.165) is 15.6 Å². The minimum atomic E-state index is -0.897. The fraction of sp³-hybridized carbons (Fsp3) is 0.182. The van der Waals surface area contributed by atoms with Gasteiger partial charge in [-0.2, -0.15) is 0 Å². The number of rotatable bonds is 1. The summed E-state index contributed by atoms with van der Waals surface area (Å²) in [6.45, 7) is 1.96. The van der Waals surface area contributed by atoms with Crippen molar-refractivity contribution < 1.29 is 9.90 Å². The molecule has 0 unspecified atom stereocenters. The molecular weight excluding hydrogens is 244 g/mol. The van der Waals surface area contributed by atoms with Crippen LogP contribution in [-0.4, -0.2) is 11.1 Å². The Kier molecular flexibility index (Phi) is 3.73. The van der Waals surface area contributed by atoms with Crippen molar-refractivity contribution in [3.8, 4) is 11.8 Å². The predicted molar refractivity (Wildman–Crippen MR) is 58.0 cm³/mol. The summed E-state index contributed by atoms with van der Waals surface area (Å²) in [6.07, 6.45) is -0.116. The van der Waals surface area contributed by atoms with Gasteiger partial charge in [-0.3, -0.25) is 4.79 Å². The molecule has 0 bridgehead atoms. The Balaban J connectivity index is 2.81. The van der Waals surface area contributed by atoms with Gasteiger partial charge in [0.15, 0.2) is 0 Å². The number of carboxylic acids is 1. The highest BCUT2D eigenvalue weighted by Crippen LogP contribution is 2.16. The van der Waals surface area contributed by atoms with Crippen molar-refractivity contribution in [3.05, 3.63) is 33.8 Å². The molecule has 1 N–H and O–H groups in total. The lowest BCUT2D eigenvalue weighted by Crippen LogP contribution is -1.90. The van der Waals surface area contributed by atoms with Crippen LogP contribution in [-0.2, 0) is 4.79 Å². The summed E-state index contributed by atoms with van der Waals surface area (Å²) in [7, 11) is 0. The third-order valence-corrected chi connectivity index (χ3v) is 2.52. The zero-order valence-corrected chi connectivity index (χ0v) is 9.26. The highest BCUT2D eigenvalue weighted by Gasteiger charge is 1.94. The highest BCUT2D eigenvalue weighted by atomic mass is 79.9. The first-order valence-corrected chi connectivity index (χ1v) is 4.85. The molecule has 0 aromatic heterocycles. The van der Waals surface area contributed by atoms with Crippen LogP contribution in [0.3, 0.4) is 0 Å². The SMILES string of the molecule is Cc1cc(C#CCC(=O)O)ccc1Br. The van der Waals surface area contributed by atoms with Crippen molar-refractivity contribution in [1.29, 1.82) is 0 Å². The monoisotopic (exact) mass is 252 g/mol. The lowest BCUT2D eigenvalue weighted by Gasteiger charge is -1.96. The molecular formula is C11H9BrO2. The molecule has 1 aromatic rings. The van der Waals surface area contributed by atoms with E-state index in [1.807, 2.05) is 25.1 Å². The minimum absolute atomic E-state index is 0.116. The Hall–Kier alpha value is -1.27. The third-order valence-electron chi connectivity index (χ3n) is 1.63. The quantitative estimate of drug-likeness (QED) is 0.781. The summed E-state index contributed by atoms with van der Waals surface area (Å²) in [4.78, 5) is 10.2. The molecule has 14 heavy (non-hydrogen) atoms. The van der Waals surface area contributed by atoms with Gasteiger partial charge in [0.2, 0.25) is 0 Å². The van der Waals surface area contributed by atoms with Crippen LogP contribution in [0.15, 0.2) is 22.7 Å². The molecule has 0 atom stereocenters. The van der Waals surface area contributed by atoms with Crippen molar-refractivity contribution in [3.63, 3.8) is 0 Å². The molecule has 1 rings (SSSR count). The second-order valence-electron chi connectivity index (χ2n) is 2.84. The lowest BCUT2D eigenvalue weighted by atomic mass is 10.1. The van der Waals surface area contributed by atoms with Crippen molar-refractivity contribution >= 4 is 21.9 Å². The Morgan fingerprint density at radius 1 is 1.57 bits per heavy atom. The zero-order chi connectivity index (χ0) is 10.6. The molecule has 0 amide bonds. The number of carbonyl (C=O) groups is 1. The first-order valence-electron chi connectivity index (χ1n) is 4.06. The van der Waals surface area contributed by atoms with E-state index in [4.69, 9.17) is 5.11 Å². The Morgan fingerprint density at radius 3 is 2.86 bits per heavy atom. The highest BCUT2D eigenvalue weighted by molar-refractivity contribution is 9.10. The molecule has 0 heterocycles. The summed E-state index contributed by atoms with van der Waals surface area (Å²) < 4.78 is 1.03. The third kappa shape index (κ3) is 3.23. The summed E-state index contributed by atoms with van der Waals surface area (Å²) in [6, 6.07) is 5.67. The van der Waals surface area contributed by atoms with Crippen molar-refractivity contribution in [2.24, 2.45) is 0 Å². The lowest BCUT2D eigenvalue weighted by molar-refractivity contribution is -0.135. The fourth-order valence-corrected chi connectivity index (χ4v) is 1.19. The van der Waals surface area contributed by atoms with Gasteiger partial charge in [0.25, 0.3) is 0 Å². The van der Waals surface area contributed by atoms with Gasteiger partial charge in [-0.05, 0) is 30.7 Å². The van der Waals surface area contributed by atoms with Crippen LogP contribution in [0, 0.1) is 18.8 Å². The Morgan fingerprint density at radius 2 is 2.29 bits per heavy atom. The molecule has 0 aliphatic heterocycles. The first kappa shape index (κ1) is 10.8. The van der Waals surface area contributed by atoms with Gasteiger partial charge < -0.3 is 5.11 Å². The molecule has 0 saturated heterocycles. The summed E-state index contributed by atoms with van der Waals surface area (Å²) in [5.41, 5.74) is 1.93. The maximum Gasteiger partial charge on any atom is 0.315 e. The number of halogens is 1. The van der Waals surface area contributed by atoms with Crippen molar-refractivity contribution in [2.75, 3.05) is 0 Å². The van der Waals surface area contributed by atoms with E-state index < -0.39 is 5.97 Å². The molecule has 1 aromatic carbocycles. The van der Waals surface area contributed by atoms with Gasteiger partial charge in [0.05, 0.1) is 0 Å². The molecule has 0 saturated carbocycles. The number of benzene rings is 1. The molecule has 0 fully saturated rings. The van der Waals surface area contributed by atoms with E-state index in [1.54, 1.807) is 0 Å². The smallest absolute Gasteiger partial charge is 0.315 e. The van der Waals surface area contributed by atoms with Crippen LogP contribution in [0.25, 0.3) is 0 Å². The van der Waals surface area contributed by atoms with E-state index in [-0.39, 0.29) is 6.42 Å². The first-order chi connectivity index (χ1) is 6.59. The molecule has 0 aliphatic rings. The van der Waals surface area contributed by atoms with Crippen molar-refractivity contribution in [1.82, 2.24) is 0 Å². The van der Waals surface area contributed by atoms with E-state index in [0.29, 0.717) is 0 Å². The van der Waals surface area contributed by atoms with Crippen LogP contribution < -0.4 is 0 Å². The second-order valence-corrected chi connectivity index (χ2v) is 3.69. The van der Waals surface area contributed by atoms with E-state index in [9.17, 15) is 4.79 Å². The average molecular weight is 253 g/mol. The number of hydrogen-bond donors (Lipinski definition) is 1. The topological polar surface area (TPSA) is 37.3 Å². The van der Waals surface area contributed by atoms with Gasteiger partial charge in [-0.15, -0.1) is 0 Å². The summed E-state index contributed by atoms with van der Waals surface area (Å²) in [5.74, 6) is 4.48. The molecule has 2 nitrogen and oxygen atoms in total. The standard InChI is InChI=1S/C11H9BrO2/c1-8-7-9(5-6-10(8)12)3-2-4-11(13)14/h5-7H,4H2,1H3,(H,13,14). The molecule has 3 heteroatoms. The molecule has 0 spiro atoms. The van der Waals surface area contributed by atoms with Gasteiger partial charge in [0.1, 0.15) is 6.42 Å². The number of aliphatic carboxylic acids is 1. The van der Waals surface area contributed by atoms with E-state index in [2.05, 4.69) is 27.8 Å². The Bertz CT molecular complexity index is 413. The number of carboxylic acid groups (broad SMARTS) is 1. The van der Waals surface area contributed by atoms with E-state index >= 15 is 0 Å². The number of aryl methyl sites for hydroxylation is 1. The Labute approximate surface area is 91.1 Å². The second kappa shape index (κ2) is 4.83. The van der Waals surface area contributed by atoms with Gasteiger partial charge in [-0.25, -0.2) is 0 Å². The van der Waals surface area contributed by atoms with Crippen LogP contribution in [0.2, 0.25) is 0 Å².